The average Bonchev–Trinajstić information content (AvgIpc) is 2.10. The second-order valence-corrected chi connectivity index (χ2v) is 3.13. The zero-order valence-electron chi connectivity index (χ0n) is 8.55. The van der Waals surface area contributed by atoms with E-state index >= 15 is 0 Å². The first-order valence-electron chi connectivity index (χ1n) is 4.70. The van der Waals surface area contributed by atoms with Crippen LogP contribution in [0.3, 0.4) is 0 Å². The molecule has 3 heteroatoms. The van der Waals surface area contributed by atoms with Gasteiger partial charge in [0, 0.05) is 12.6 Å². The predicted molar refractivity (Wildman–Crippen MR) is 52.3 cm³/mol. The second-order valence-electron chi connectivity index (χ2n) is 3.13. The van der Waals surface area contributed by atoms with Crippen molar-refractivity contribution in [1.82, 2.24) is 4.90 Å². The number of nitrogens with two attached hydrogens (primary N) is 1. The standard InChI is InChI=1S/C9H22N2O/c1-4-12-8-9(2)11(3)7-5-6-10/h9H,4-8,10H2,1-3H3. The zero-order chi connectivity index (χ0) is 9.40. The highest BCUT2D eigenvalue weighted by Crippen LogP contribution is 1.96. The fourth-order valence-electron chi connectivity index (χ4n) is 0.977. The topological polar surface area (TPSA) is 38.5 Å². The lowest BCUT2D eigenvalue weighted by Crippen LogP contribution is -2.34. The number of nitrogens with zero attached hydrogens (tertiary/aromatic N) is 1. The van der Waals surface area contributed by atoms with Crippen LogP contribution >= 0.6 is 0 Å². The van der Waals surface area contributed by atoms with Gasteiger partial charge >= 0.3 is 0 Å². The Labute approximate surface area is 75.9 Å². The second kappa shape index (κ2) is 7.53. The van der Waals surface area contributed by atoms with Gasteiger partial charge < -0.3 is 15.4 Å². The summed E-state index contributed by atoms with van der Waals surface area (Å²) in [5.41, 5.74) is 5.42. The zero-order valence-corrected chi connectivity index (χ0v) is 8.55. The van der Waals surface area contributed by atoms with Crippen LogP contribution in [-0.2, 0) is 4.74 Å². The highest BCUT2D eigenvalue weighted by atomic mass is 16.5. The minimum atomic E-state index is 0.497. The molecule has 0 saturated heterocycles. The molecule has 0 aromatic carbocycles. The molecule has 12 heavy (non-hydrogen) atoms. The Kier molecular flexibility index (Phi) is 7.45. The summed E-state index contributed by atoms with van der Waals surface area (Å²) in [6.07, 6.45) is 1.06. The van der Waals surface area contributed by atoms with Gasteiger partial charge in [-0.15, -0.1) is 0 Å². The molecule has 0 saturated carbocycles. The smallest absolute Gasteiger partial charge is 0.0618 e. The van der Waals surface area contributed by atoms with Gasteiger partial charge in [-0.25, -0.2) is 0 Å². The Morgan fingerprint density at radius 2 is 2.17 bits per heavy atom. The van der Waals surface area contributed by atoms with Gasteiger partial charge in [0.15, 0.2) is 0 Å². The van der Waals surface area contributed by atoms with Crippen molar-refractivity contribution in [3.8, 4) is 0 Å². The van der Waals surface area contributed by atoms with Crippen molar-refractivity contribution in [2.75, 3.05) is 33.4 Å². The van der Waals surface area contributed by atoms with Crippen LogP contribution in [-0.4, -0.2) is 44.3 Å². The van der Waals surface area contributed by atoms with E-state index in [9.17, 15) is 0 Å². The third kappa shape index (κ3) is 5.52. The molecule has 0 aliphatic heterocycles. The molecule has 0 fully saturated rings. The Balaban J connectivity index is 3.39. The molecule has 0 aromatic rings. The summed E-state index contributed by atoms with van der Waals surface area (Å²) in [6, 6.07) is 0.497. The van der Waals surface area contributed by atoms with Crippen molar-refractivity contribution < 1.29 is 4.74 Å². The lowest BCUT2D eigenvalue weighted by molar-refractivity contribution is 0.0850. The van der Waals surface area contributed by atoms with E-state index in [1.54, 1.807) is 0 Å². The molecule has 1 unspecified atom stereocenters. The summed E-state index contributed by atoms with van der Waals surface area (Å²) in [5.74, 6) is 0. The van der Waals surface area contributed by atoms with Gasteiger partial charge in [0.1, 0.15) is 0 Å². The lowest BCUT2D eigenvalue weighted by Gasteiger charge is -2.23. The third-order valence-corrected chi connectivity index (χ3v) is 2.03. The van der Waals surface area contributed by atoms with Gasteiger partial charge in [-0.2, -0.15) is 0 Å². The van der Waals surface area contributed by atoms with Crippen LogP contribution in [0.15, 0.2) is 0 Å². The summed E-state index contributed by atoms with van der Waals surface area (Å²) >= 11 is 0. The quantitative estimate of drug-likeness (QED) is 0.617. The highest BCUT2D eigenvalue weighted by molar-refractivity contribution is 4.61. The van der Waals surface area contributed by atoms with Crippen molar-refractivity contribution in [1.29, 1.82) is 0 Å². The van der Waals surface area contributed by atoms with Crippen molar-refractivity contribution in [2.45, 2.75) is 26.3 Å². The van der Waals surface area contributed by atoms with Gasteiger partial charge in [0.2, 0.25) is 0 Å². The Bertz CT molecular complexity index is 86.5. The van der Waals surface area contributed by atoms with Crippen LogP contribution in [0, 0.1) is 0 Å². The first kappa shape index (κ1) is 11.9. The first-order valence-corrected chi connectivity index (χ1v) is 4.70. The molecule has 0 amide bonds. The maximum atomic E-state index is 5.42. The normalized spacial score (nSPS) is 13.8. The molecule has 0 rings (SSSR count). The summed E-state index contributed by atoms with van der Waals surface area (Å²) in [7, 11) is 2.11. The number of hydrogen-bond donors (Lipinski definition) is 1. The maximum absolute atomic E-state index is 5.42. The molecule has 0 heterocycles. The Hall–Kier alpha value is -0.120. The molecule has 0 spiro atoms. The van der Waals surface area contributed by atoms with E-state index in [2.05, 4.69) is 18.9 Å². The third-order valence-electron chi connectivity index (χ3n) is 2.03. The monoisotopic (exact) mass is 174 g/mol. The van der Waals surface area contributed by atoms with Crippen molar-refractivity contribution >= 4 is 0 Å². The summed E-state index contributed by atoms with van der Waals surface area (Å²) in [4.78, 5) is 2.28. The van der Waals surface area contributed by atoms with E-state index in [1.807, 2.05) is 6.92 Å². The average molecular weight is 174 g/mol. The predicted octanol–water partition coefficient (Wildman–Crippen LogP) is 0.692. The molecular weight excluding hydrogens is 152 g/mol. The number of hydrogen-bond acceptors (Lipinski definition) is 3. The summed E-state index contributed by atoms with van der Waals surface area (Å²) < 4.78 is 5.32. The summed E-state index contributed by atoms with van der Waals surface area (Å²) in [5, 5.41) is 0. The molecule has 3 nitrogen and oxygen atoms in total. The maximum Gasteiger partial charge on any atom is 0.0618 e. The van der Waals surface area contributed by atoms with Gasteiger partial charge in [0.25, 0.3) is 0 Å². The van der Waals surface area contributed by atoms with Crippen LogP contribution in [0.25, 0.3) is 0 Å². The summed E-state index contributed by atoms with van der Waals surface area (Å²) in [6.45, 7) is 7.64. The number of likely N-dealkylation sites (N-methyl/N-ethyl adjacent to an activating group) is 1. The fourth-order valence-corrected chi connectivity index (χ4v) is 0.977. The molecule has 0 radical (unpaired) electrons. The van der Waals surface area contributed by atoms with Gasteiger partial charge in [-0.05, 0) is 40.4 Å². The van der Waals surface area contributed by atoms with Crippen LogP contribution in [0.4, 0.5) is 0 Å². The minimum absolute atomic E-state index is 0.497. The first-order chi connectivity index (χ1) is 5.72. The molecule has 0 aliphatic rings. The molecule has 1 atom stereocenters. The van der Waals surface area contributed by atoms with E-state index in [4.69, 9.17) is 10.5 Å². The van der Waals surface area contributed by atoms with E-state index in [1.165, 1.54) is 0 Å². The molecule has 74 valence electrons. The van der Waals surface area contributed by atoms with Crippen LogP contribution in [0.5, 0.6) is 0 Å². The molecule has 0 aromatic heterocycles. The van der Waals surface area contributed by atoms with Crippen molar-refractivity contribution in [2.24, 2.45) is 5.73 Å². The lowest BCUT2D eigenvalue weighted by atomic mass is 10.3. The van der Waals surface area contributed by atoms with Crippen LogP contribution in [0.1, 0.15) is 20.3 Å². The van der Waals surface area contributed by atoms with Crippen LogP contribution < -0.4 is 5.73 Å². The fraction of sp³-hybridized carbons (Fsp3) is 1.00. The SMILES string of the molecule is CCOCC(C)N(C)CCCN. The molecule has 2 N–H and O–H groups in total. The number of ether oxygens (including phenoxy) is 1. The van der Waals surface area contributed by atoms with Gasteiger partial charge in [-0.1, -0.05) is 0 Å². The molecule has 0 aliphatic carbocycles. The minimum Gasteiger partial charge on any atom is -0.380 e. The molecular formula is C9H22N2O. The van der Waals surface area contributed by atoms with Gasteiger partial charge in [-0.3, -0.25) is 0 Å². The van der Waals surface area contributed by atoms with Crippen molar-refractivity contribution in [3.05, 3.63) is 0 Å². The van der Waals surface area contributed by atoms with E-state index in [0.29, 0.717) is 6.04 Å². The van der Waals surface area contributed by atoms with Crippen molar-refractivity contribution in [3.63, 3.8) is 0 Å². The Morgan fingerprint density at radius 3 is 2.67 bits per heavy atom. The van der Waals surface area contributed by atoms with E-state index < -0.39 is 0 Å². The van der Waals surface area contributed by atoms with E-state index in [0.717, 1.165) is 32.7 Å². The largest absolute Gasteiger partial charge is 0.380 e. The van der Waals surface area contributed by atoms with E-state index in [-0.39, 0.29) is 0 Å². The highest BCUT2D eigenvalue weighted by Gasteiger charge is 2.07. The molecule has 0 bridgehead atoms. The van der Waals surface area contributed by atoms with Crippen LogP contribution in [0.2, 0.25) is 0 Å². The van der Waals surface area contributed by atoms with Gasteiger partial charge in [0.05, 0.1) is 6.61 Å². The Morgan fingerprint density at radius 1 is 1.50 bits per heavy atom. The number of rotatable bonds is 7.